The number of piperidine rings is 1. The Morgan fingerprint density at radius 1 is 1.04 bits per heavy atom. The van der Waals surface area contributed by atoms with Gasteiger partial charge in [0.1, 0.15) is 0 Å². The van der Waals surface area contributed by atoms with Crippen LogP contribution in [0, 0.1) is 13.8 Å². The van der Waals surface area contributed by atoms with Gasteiger partial charge in [0.05, 0.1) is 6.04 Å². The number of amides is 1. The monoisotopic (exact) mass is 372 g/mol. The molecule has 140 valence electrons. The number of aryl methyl sites for hydroxylation is 2. The number of halogens is 1. The summed E-state index contributed by atoms with van der Waals surface area (Å²) in [4.78, 5) is 15.3. The number of hydrogen-bond acceptors (Lipinski definition) is 2. The van der Waals surface area contributed by atoms with E-state index >= 15 is 0 Å². The average molecular weight is 373 g/mol. The number of nitrogens with one attached hydrogen (secondary N) is 1. The lowest BCUT2D eigenvalue weighted by Crippen LogP contribution is -2.47. The van der Waals surface area contributed by atoms with Crippen molar-refractivity contribution in [2.45, 2.75) is 45.6 Å². The Balaban J connectivity index is 0.00000243. The van der Waals surface area contributed by atoms with E-state index < -0.39 is 0 Å². The second-order valence-electron chi connectivity index (χ2n) is 7.04. The van der Waals surface area contributed by atoms with Gasteiger partial charge in [-0.2, -0.15) is 0 Å². The first kappa shape index (κ1) is 20.5. The van der Waals surface area contributed by atoms with Crippen LogP contribution >= 0.6 is 12.4 Å². The lowest BCUT2D eigenvalue weighted by atomic mass is 9.99. The molecule has 2 aromatic rings. The summed E-state index contributed by atoms with van der Waals surface area (Å²) in [5.41, 5.74) is 4.56. The molecule has 0 aromatic heterocycles. The van der Waals surface area contributed by atoms with Gasteiger partial charge in [-0.05, 0) is 56.3 Å². The van der Waals surface area contributed by atoms with Gasteiger partial charge in [-0.3, -0.25) is 9.69 Å². The minimum atomic E-state index is -0.0172. The highest BCUT2D eigenvalue weighted by Gasteiger charge is 2.28. The van der Waals surface area contributed by atoms with Gasteiger partial charge in [-0.1, -0.05) is 55.0 Å². The summed E-state index contributed by atoms with van der Waals surface area (Å²) >= 11 is 0. The van der Waals surface area contributed by atoms with Gasteiger partial charge >= 0.3 is 0 Å². The van der Waals surface area contributed by atoms with Crippen molar-refractivity contribution in [2.24, 2.45) is 0 Å². The van der Waals surface area contributed by atoms with Crippen molar-refractivity contribution in [3.05, 3.63) is 65.2 Å². The summed E-state index contributed by atoms with van der Waals surface area (Å²) in [6.45, 7) is 6.06. The molecule has 0 aliphatic carbocycles. The summed E-state index contributed by atoms with van der Waals surface area (Å²) in [7, 11) is 0. The Morgan fingerprint density at radius 2 is 1.73 bits per heavy atom. The van der Waals surface area contributed by atoms with Crippen LogP contribution in [0.4, 0.5) is 5.69 Å². The van der Waals surface area contributed by atoms with Crippen LogP contribution in [0.3, 0.4) is 0 Å². The van der Waals surface area contributed by atoms with Crippen molar-refractivity contribution < 1.29 is 4.79 Å². The molecule has 1 heterocycles. The average Bonchev–Trinajstić information content (AvgIpc) is 2.64. The number of carbonyl (C=O) groups is 1. The number of carbonyl (C=O) groups excluding carboxylic acids is 1. The summed E-state index contributed by atoms with van der Waals surface area (Å²) < 4.78 is 0. The molecule has 1 atom stereocenters. The van der Waals surface area contributed by atoms with Crippen LogP contribution in [0.1, 0.15) is 36.0 Å². The SMILES string of the molecule is Cc1cccc(C)c1NC(=O)[C@@H]1CCCCN1CCc1ccccc1.Cl. The van der Waals surface area contributed by atoms with Crippen molar-refractivity contribution >= 4 is 24.0 Å². The molecule has 0 spiro atoms. The molecular weight excluding hydrogens is 344 g/mol. The van der Waals surface area contributed by atoms with Crippen LogP contribution < -0.4 is 5.32 Å². The maximum Gasteiger partial charge on any atom is 0.241 e. The molecule has 3 nitrogen and oxygen atoms in total. The number of benzene rings is 2. The fraction of sp³-hybridized carbons (Fsp3) is 0.409. The molecule has 0 saturated carbocycles. The molecule has 1 aliphatic rings. The molecule has 4 heteroatoms. The Labute approximate surface area is 163 Å². The van der Waals surface area contributed by atoms with Gasteiger partial charge in [0, 0.05) is 12.2 Å². The molecule has 0 radical (unpaired) electrons. The molecule has 1 N–H and O–H groups in total. The smallest absolute Gasteiger partial charge is 0.241 e. The van der Waals surface area contributed by atoms with E-state index in [1.807, 2.05) is 12.1 Å². The van der Waals surface area contributed by atoms with Crippen LogP contribution in [0.2, 0.25) is 0 Å². The summed E-state index contributed by atoms with van der Waals surface area (Å²) in [6.07, 6.45) is 4.26. The third-order valence-corrected chi connectivity index (χ3v) is 5.18. The van der Waals surface area contributed by atoms with Gasteiger partial charge < -0.3 is 5.32 Å². The molecule has 26 heavy (non-hydrogen) atoms. The van der Waals surface area contributed by atoms with Crippen molar-refractivity contribution in [3.63, 3.8) is 0 Å². The van der Waals surface area contributed by atoms with E-state index in [-0.39, 0.29) is 24.4 Å². The maximum atomic E-state index is 12.9. The van der Waals surface area contributed by atoms with Crippen LogP contribution in [0.15, 0.2) is 48.5 Å². The molecule has 0 unspecified atom stereocenters. The fourth-order valence-corrected chi connectivity index (χ4v) is 3.69. The quantitative estimate of drug-likeness (QED) is 0.820. The number of likely N-dealkylation sites (tertiary alicyclic amines) is 1. The lowest BCUT2D eigenvalue weighted by molar-refractivity contribution is -0.122. The molecular formula is C22H29ClN2O. The van der Waals surface area contributed by atoms with E-state index in [0.29, 0.717) is 0 Å². The molecule has 3 rings (SSSR count). The van der Waals surface area contributed by atoms with E-state index in [9.17, 15) is 4.79 Å². The Bertz CT molecular complexity index is 697. The Kier molecular flexibility index (Phi) is 7.67. The van der Waals surface area contributed by atoms with Gasteiger partial charge in [0.15, 0.2) is 0 Å². The predicted molar refractivity (Wildman–Crippen MR) is 111 cm³/mol. The summed E-state index contributed by atoms with van der Waals surface area (Å²) in [5.74, 6) is 0.144. The van der Waals surface area contributed by atoms with E-state index in [2.05, 4.69) is 60.5 Å². The van der Waals surface area contributed by atoms with E-state index in [1.54, 1.807) is 0 Å². The van der Waals surface area contributed by atoms with Crippen molar-refractivity contribution in [1.29, 1.82) is 0 Å². The Morgan fingerprint density at radius 3 is 2.42 bits per heavy atom. The van der Waals surface area contributed by atoms with E-state index in [1.165, 1.54) is 12.0 Å². The predicted octanol–water partition coefficient (Wildman–Crippen LogP) is 4.76. The van der Waals surface area contributed by atoms with Gasteiger partial charge in [0.25, 0.3) is 0 Å². The van der Waals surface area contributed by atoms with Crippen LogP contribution in [-0.2, 0) is 11.2 Å². The van der Waals surface area contributed by atoms with Gasteiger partial charge in [-0.25, -0.2) is 0 Å². The third kappa shape index (κ3) is 5.09. The highest BCUT2D eigenvalue weighted by atomic mass is 35.5. The lowest BCUT2D eigenvalue weighted by Gasteiger charge is -2.35. The first-order valence-electron chi connectivity index (χ1n) is 9.30. The number of rotatable bonds is 5. The molecule has 2 aromatic carbocycles. The zero-order valence-corrected chi connectivity index (χ0v) is 16.5. The highest BCUT2D eigenvalue weighted by Crippen LogP contribution is 2.23. The number of anilines is 1. The van der Waals surface area contributed by atoms with Crippen LogP contribution in [0.25, 0.3) is 0 Å². The van der Waals surface area contributed by atoms with Crippen molar-refractivity contribution in [1.82, 2.24) is 4.90 Å². The third-order valence-electron chi connectivity index (χ3n) is 5.18. The molecule has 0 bridgehead atoms. The minimum Gasteiger partial charge on any atom is -0.324 e. The van der Waals surface area contributed by atoms with Crippen LogP contribution in [0.5, 0.6) is 0 Å². The second kappa shape index (κ2) is 9.75. The normalized spacial score (nSPS) is 17.4. The van der Waals surface area contributed by atoms with E-state index in [0.717, 1.165) is 49.2 Å². The number of hydrogen-bond donors (Lipinski definition) is 1. The molecule has 1 amide bonds. The number of para-hydroxylation sites is 1. The largest absolute Gasteiger partial charge is 0.324 e. The molecule has 1 fully saturated rings. The van der Waals surface area contributed by atoms with Crippen LogP contribution in [-0.4, -0.2) is 29.9 Å². The first-order chi connectivity index (χ1) is 12.1. The first-order valence-corrected chi connectivity index (χ1v) is 9.30. The molecule has 1 aliphatic heterocycles. The maximum absolute atomic E-state index is 12.9. The second-order valence-corrected chi connectivity index (χ2v) is 7.04. The summed E-state index contributed by atoms with van der Waals surface area (Å²) in [5, 5.41) is 3.20. The summed E-state index contributed by atoms with van der Waals surface area (Å²) in [6, 6.07) is 16.7. The van der Waals surface area contributed by atoms with Gasteiger partial charge in [-0.15, -0.1) is 12.4 Å². The zero-order valence-electron chi connectivity index (χ0n) is 15.7. The van der Waals surface area contributed by atoms with Crippen molar-refractivity contribution in [2.75, 3.05) is 18.4 Å². The van der Waals surface area contributed by atoms with Gasteiger partial charge in [0.2, 0.25) is 5.91 Å². The standard InChI is InChI=1S/C22H28N2O.ClH/c1-17-9-8-10-18(2)21(17)23-22(25)20-13-6-7-15-24(20)16-14-19-11-4-3-5-12-19;/h3-5,8-12,20H,6-7,13-16H2,1-2H3,(H,23,25);1H/t20-;/m0./s1. The highest BCUT2D eigenvalue weighted by molar-refractivity contribution is 5.96. The minimum absolute atomic E-state index is 0. The molecule has 1 saturated heterocycles. The van der Waals surface area contributed by atoms with Crippen molar-refractivity contribution in [3.8, 4) is 0 Å². The fourth-order valence-electron chi connectivity index (χ4n) is 3.69. The van der Waals surface area contributed by atoms with E-state index in [4.69, 9.17) is 0 Å². The topological polar surface area (TPSA) is 32.3 Å². The number of nitrogens with zero attached hydrogens (tertiary/aromatic N) is 1. The Hall–Kier alpha value is -1.84. The zero-order chi connectivity index (χ0) is 17.6.